The Hall–Kier alpha value is -4.47. The molecule has 0 aliphatic carbocycles. The Kier molecular flexibility index (Phi) is 6.67. The second-order valence-corrected chi connectivity index (χ2v) is 7.34. The summed E-state index contributed by atoms with van der Waals surface area (Å²) in [4.78, 5) is 24.5. The second-order valence-electron chi connectivity index (χ2n) is 7.34. The first-order chi connectivity index (χ1) is 16.5. The van der Waals surface area contributed by atoms with Crippen LogP contribution in [0.5, 0.6) is 11.5 Å². The van der Waals surface area contributed by atoms with Crippen LogP contribution in [0.3, 0.4) is 0 Å². The minimum atomic E-state index is -0.639. The standard InChI is InChI=1S/C24H22N4O6/c1-15-19(16(2)34-26-15)13-32-21-10-8-17(12-22(21)31-3)9-11-23(29)33-14-28-24(30)18-6-4-5-7-20(18)25-27-28/h4-12H,13-14H2,1-3H3/b11-9+. The summed E-state index contributed by atoms with van der Waals surface area (Å²) in [6, 6.07) is 12.1. The number of benzene rings is 2. The van der Waals surface area contributed by atoms with E-state index in [0.29, 0.717) is 33.7 Å². The summed E-state index contributed by atoms with van der Waals surface area (Å²) in [5, 5.41) is 12.0. The van der Waals surface area contributed by atoms with E-state index in [0.717, 1.165) is 15.9 Å². The second kappa shape index (κ2) is 9.99. The molecule has 0 amide bonds. The fourth-order valence-electron chi connectivity index (χ4n) is 3.21. The van der Waals surface area contributed by atoms with Gasteiger partial charge in [0.2, 0.25) is 0 Å². The number of aryl methyl sites for hydroxylation is 2. The highest BCUT2D eigenvalue weighted by atomic mass is 16.5. The summed E-state index contributed by atoms with van der Waals surface area (Å²) in [5.41, 5.74) is 2.43. The van der Waals surface area contributed by atoms with Crippen molar-refractivity contribution in [1.29, 1.82) is 0 Å². The SMILES string of the molecule is COc1cc(/C=C/C(=O)OCn2nnc3ccccc3c2=O)ccc1OCc1c(C)noc1C. The minimum absolute atomic E-state index is 0.288. The number of ether oxygens (including phenoxy) is 3. The maximum Gasteiger partial charge on any atom is 0.332 e. The number of fused-ring (bicyclic) bond motifs is 1. The van der Waals surface area contributed by atoms with Crippen LogP contribution in [0, 0.1) is 13.8 Å². The number of esters is 1. The molecule has 10 nitrogen and oxygen atoms in total. The van der Waals surface area contributed by atoms with E-state index in [1.807, 2.05) is 13.8 Å². The topological polar surface area (TPSA) is 119 Å². The van der Waals surface area contributed by atoms with Crippen molar-refractivity contribution in [2.75, 3.05) is 7.11 Å². The molecule has 2 heterocycles. The molecule has 0 spiro atoms. The lowest BCUT2D eigenvalue weighted by Crippen LogP contribution is -2.26. The Balaban J connectivity index is 1.38. The van der Waals surface area contributed by atoms with Crippen LogP contribution < -0.4 is 15.0 Å². The molecule has 4 aromatic rings. The van der Waals surface area contributed by atoms with Gasteiger partial charge < -0.3 is 18.7 Å². The Morgan fingerprint density at radius 1 is 1.15 bits per heavy atom. The summed E-state index contributed by atoms with van der Waals surface area (Å²) in [7, 11) is 1.53. The van der Waals surface area contributed by atoms with Crippen molar-refractivity contribution < 1.29 is 23.5 Å². The minimum Gasteiger partial charge on any atom is -0.493 e. The number of nitrogens with zero attached hydrogens (tertiary/aromatic N) is 4. The van der Waals surface area contributed by atoms with Gasteiger partial charge in [0.05, 0.1) is 23.8 Å². The van der Waals surface area contributed by atoms with Crippen molar-refractivity contribution in [2.24, 2.45) is 0 Å². The van der Waals surface area contributed by atoms with E-state index in [-0.39, 0.29) is 18.9 Å². The normalized spacial score (nSPS) is 11.1. The van der Waals surface area contributed by atoms with Crippen LogP contribution in [0.2, 0.25) is 0 Å². The van der Waals surface area contributed by atoms with Gasteiger partial charge in [-0.2, -0.15) is 4.68 Å². The van der Waals surface area contributed by atoms with Gasteiger partial charge in [-0.25, -0.2) is 4.79 Å². The molecule has 34 heavy (non-hydrogen) atoms. The first kappa shape index (κ1) is 22.7. The van der Waals surface area contributed by atoms with Gasteiger partial charge in [0.15, 0.2) is 18.2 Å². The molecular formula is C24H22N4O6. The Morgan fingerprint density at radius 2 is 1.97 bits per heavy atom. The fraction of sp³-hybridized carbons (Fsp3) is 0.208. The number of methoxy groups -OCH3 is 1. The average molecular weight is 462 g/mol. The summed E-state index contributed by atoms with van der Waals surface area (Å²) in [5.74, 6) is 1.10. The highest BCUT2D eigenvalue weighted by Crippen LogP contribution is 2.30. The van der Waals surface area contributed by atoms with Crippen LogP contribution in [0.1, 0.15) is 22.6 Å². The molecule has 0 unspecified atom stereocenters. The van der Waals surface area contributed by atoms with E-state index < -0.39 is 5.97 Å². The molecule has 10 heteroatoms. The van der Waals surface area contributed by atoms with Crippen LogP contribution >= 0.6 is 0 Å². The molecule has 0 atom stereocenters. The fourth-order valence-corrected chi connectivity index (χ4v) is 3.21. The first-order valence-corrected chi connectivity index (χ1v) is 10.4. The van der Waals surface area contributed by atoms with E-state index in [1.165, 1.54) is 13.2 Å². The zero-order chi connectivity index (χ0) is 24.1. The van der Waals surface area contributed by atoms with Gasteiger partial charge >= 0.3 is 5.97 Å². The first-order valence-electron chi connectivity index (χ1n) is 10.4. The third-order valence-corrected chi connectivity index (χ3v) is 5.11. The van der Waals surface area contributed by atoms with Gasteiger partial charge in [0, 0.05) is 6.08 Å². The largest absolute Gasteiger partial charge is 0.493 e. The molecule has 174 valence electrons. The van der Waals surface area contributed by atoms with Crippen molar-refractivity contribution in [3.05, 3.63) is 81.5 Å². The maximum atomic E-state index is 12.4. The number of hydrogen-bond donors (Lipinski definition) is 0. The number of aromatic nitrogens is 4. The van der Waals surface area contributed by atoms with Crippen LogP contribution in [0.4, 0.5) is 0 Å². The highest BCUT2D eigenvalue weighted by Gasteiger charge is 2.12. The summed E-state index contributed by atoms with van der Waals surface area (Å²) >= 11 is 0. The molecular weight excluding hydrogens is 440 g/mol. The van der Waals surface area contributed by atoms with Gasteiger partial charge in [-0.05, 0) is 49.8 Å². The molecule has 4 rings (SSSR count). The quantitative estimate of drug-likeness (QED) is 0.287. The van der Waals surface area contributed by atoms with Crippen LogP contribution in [-0.4, -0.2) is 33.2 Å². The van der Waals surface area contributed by atoms with Crippen LogP contribution in [0.25, 0.3) is 17.0 Å². The van der Waals surface area contributed by atoms with Crippen molar-refractivity contribution in [2.45, 2.75) is 27.2 Å². The Labute approximate surface area is 194 Å². The van der Waals surface area contributed by atoms with E-state index in [4.69, 9.17) is 18.7 Å². The van der Waals surface area contributed by atoms with Gasteiger partial charge in [0.1, 0.15) is 17.9 Å². The number of carbonyl (C=O) groups excluding carboxylic acids is 1. The Morgan fingerprint density at radius 3 is 2.74 bits per heavy atom. The van der Waals surface area contributed by atoms with Gasteiger partial charge in [-0.1, -0.05) is 28.6 Å². The number of carbonyl (C=O) groups is 1. The molecule has 0 aliphatic rings. The lowest BCUT2D eigenvalue weighted by Gasteiger charge is -2.11. The molecule has 2 aromatic heterocycles. The lowest BCUT2D eigenvalue weighted by molar-refractivity contribution is -0.141. The highest BCUT2D eigenvalue weighted by molar-refractivity contribution is 5.87. The van der Waals surface area contributed by atoms with E-state index in [9.17, 15) is 9.59 Å². The molecule has 0 fully saturated rings. The predicted molar refractivity (Wildman–Crippen MR) is 122 cm³/mol. The van der Waals surface area contributed by atoms with Gasteiger partial charge in [-0.3, -0.25) is 4.79 Å². The van der Waals surface area contributed by atoms with E-state index in [2.05, 4.69) is 15.5 Å². The van der Waals surface area contributed by atoms with E-state index in [1.54, 1.807) is 48.5 Å². The zero-order valence-corrected chi connectivity index (χ0v) is 18.8. The smallest absolute Gasteiger partial charge is 0.332 e. The molecule has 0 aliphatic heterocycles. The molecule has 2 aromatic carbocycles. The third-order valence-electron chi connectivity index (χ3n) is 5.11. The molecule has 0 saturated heterocycles. The monoisotopic (exact) mass is 462 g/mol. The van der Waals surface area contributed by atoms with Crippen LogP contribution in [0.15, 0.2) is 57.9 Å². The summed E-state index contributed by atoms with van der Waals surface area (Å²) < 4.78 is 22.5. The zero-order valence-electron chi connectivity index (χ0n) is 18.8. The van der Waals surface area contributed by atoms with Crippen molar-refractivity contribution in [1.82, 2.24) is 20.2 Å². The van der Waals surface area contributed by atoms with Gasteiger partial charge in [-0.15, -0.1) is 5.10 Å². The van der Waals surface area contributed by atoms with Crippen LogP contribution in [-0.2, 0) is 22.9 Å². The molecule has 0 radical (unpaired) electrons. The van der Waals surface area contributed by atoms with Crippen molar-refractivity contribution in [3.63, 3.8) is 0 Å². The number of hydrogen-bond acceptors (Lipinski definition) is 9. The van der Waals surface area contributed by atoms with Crippen molar-refractivity contribution >= 4 is 22.9 Å². The van der Waals surface area contributed by atoms with Gasteiger partial charge in [0.25, 0.3) is 5.56 Å². The molecule has 0 N–H and O–H groups in total. The third kappa shape index (κ3) is 4.96. The van der Waals surface area contributed by atoms with Crippen molar-refractivity contribution in [3.8, 4) is 11.5 Å². The summed E-state index contributed by atoms with van der Waals surface area (Å²) in [6.45, 7) is 3.61. The predicted octanol–water partition coefficient (Wildman–Crippen LogP) is 3.20. The molecule has 0 saturated carbocycles. The summed E-state index contributed by atoms with van der Waals surface area (Å²) in [6.07, 6.45) is 2.82. The maximum absolute atomic E-state index is 12.4. The molecule has 0 bridgehead atoms. The average Bonchev–Trinajstić information content (AvgIpc) is 3.18. The lowest BCUT2D eigenvalue weighted by atomic mass is 10.2. The number of rotatable bonds is 8. The Bertz CT molecular complexity index is 1400. The van der Waals surface area contributed by atoms with E-state index >= 15 is 0 Å².